The molecule has 11 heteroatoms. The molecule has 11 nitrogen and oxygen atoms in total. The van der Waals surface area contributed by atoms with Gasteiger partial charge in [-0.15, -0.1) is 6.58 Å². The topological polar surface area (TPSA) is 121 Å². The first-order valence-electron chi connectivity index (χ1n) is 13.4. The Bertz CT molecular complexity index is 1370. The fourth-order valence-corrected chi connectivity index (χ4v) is 4.92. The number of anilines is 4. The van der Waals surface area contributed by atoms with Crippen molar-refractivity contribution in [3.63, 3.8) is 0 Å². The standard InChI is InChI=1S/C29H36N8O3/c1-5-13-36-27(39)23-18-30-28(33-26(23)37(36)25-8-6-7-24(32-25)29(3,4)40)31-22-11-9-21(10-12-22)19-34-14-16-35(17-15-34)20(2)38/h5-12,18,27,39-40H,1,13-17,19H2,2-4H3,(H,30,31,33). The van der Waals surface area contributed by atoms with Crippen molar-refractivity contribution in [1.29, 1.82) is 0 Å². The molecule has 1 fully saturated rings. The summed E-state index contributed by atoms with van der Waals surface area (Å²) in [7, 11) is 0. The number of fused-ring (bicyclic) bond motifs is 1. The Morgan fingerprint density at radius 3 is 2.50 bits per heavy atom. The first kappa shape index (κ1) is 27.7. The number of nitrogens with zero attached hydrogens (tertiary/aromatic N) is 7. The summed E-state index contributed by atoms with van der Waals surface area (Å²) in [5.41, 5.74) is 1.93. The molecule has 1 unspecified atom stereocenters. The second kappa shape index (κ2) is 11.3. The van der Waals surface area contributed by atoms with Crippen LogP contribution in [0.25, 0.3) is 0 Å². The van der Waals surface area contributed by atoms with Gasteiger partial charge in [-0.25, -0.2) is 15.0 Å². The first-order valence-corrected chi connectivity index (χ1v) is 13.4. The molecule has 1 saturated heterocycles. The van der Waals surface area contributed by atoms with Crippen molar-refractivity contribution >= 4 is 29.2 Å². The van der Waals surface area contributed by atoms with Crippen molar-refractivity contribution in [2.75, 3.05) is 43.0 Å². The number of carbonyl (C=O) groups is 1. The van der Waals surface area contributed by atoms with Gasteiger partial charge in [-0.2, -0.15) is 9.99 Å². The van der Waals surface area contributed by atoms with E-state index < -0.39 is 11.8 Å². The molecule has 1 amide bonds. The summed E-state index contributed by atoms with van der Waals surface area (Å²) in [5.74, 6) is 1.52. The Balaban J connectivity index is 1.34. The Morgan fingerprint density at radius 2 is 1.85 bits per heavy atom. The minimum absolute atomic E-state index is 0.133. The van der Waals surface area contributed by atoms with E-state index in [1.165, 1.54) is 5.56 Å². The number of nitrogens with one attached hydrogen (secondary N) is 1. The number of aromatic nitrogens is 3. The fraction of sp³-hybridized carbons (Fsp3) is 0.379. The maximum atomic E-state index is 11.6. The highest BCUT2D eigenvalue weighted by Crippen LogP contribution is 2.41. The van der Waals surface area contributed by atoms with Crippen molar-refractivity contribution in [3.05, 3.63) is 78.1 Å². The number of amides is 1. The molecule has 0 spiro atoms. The lowest BCUT2D eigenvalue weighted by Crippen LogP contribution is -2.47. The monoisotopic (exact) mass is 544 g/mol. The zero-order chi connectivity index (χ0) is 28.4. The van der Waals surface area contributed by atoms with Gasteiger partial charge in [-0.1, -0.05) is 24.3 Å². The lowest BCUT2D eigenvalue weighted by molar-refractivity contribution is -0.130. The number of pyridine rings is 1. The quantitative estimate of drug-likeness (QED) is 0.365. The lowest BCUT2D eigenvalue weighted by atomic mass is 10.1. The molecule has 2 aromatic heterocycles. The molecule has 40 heavy (non-hydrogen) atoms. The first-order chi connectivity index (χ1) is 19.1. The SMILES string of the molecule is C=CCN1C(O)c2cnc(Nc3ccc(CN4CCN(C(C)=O)CC4)cc3)nc2N1c1cccc(C(C)(C)O)n1. The average Bonchev–Trinajstić information content (AvgIpc) is 3.20. The Labute approximate surface area is 234 Å². The number of hydrogen-bond donors (Lipinski definition) is 3. The van der Waals surface area contributed by atoms with E-state index in [0.717, 1.165) is 38.4 Å². The van der Waals surface area contributed by atoms with Crippen molar-refractivity contribution in [2.45, 2.75) is 39.1 Å². The molecule has 2 aliphatic heterocycles. The molecule has 210 valence electrons. The van der Waals surface area contributed by atoms with Crippen molar-refractivity contribution in [2.24, 2.45) is 0 Å². The second-order valence-electron chi connectivity index (χ2n) is 10.6. The number of carbonyl (C=O) groups excluding carboxylic acids is 1. The Kier molecular flexibility index (Phi) is 7.81. The predicted octanol–water partition coefficient (Wildman–Crippen LogP) is 3.05. The molecular formula is C29H36N8O3. The average molecular weight is 545 g/mol. The van der Waals surface area contributed by atoms with Gasteiger partial charge in [0.1, 0.15) is 11.4 Å². The van der Waals surface area contributed by atoms with Crippen LogP contribution in [0.2, 0.25) is 0 Å². The number of hydrogen-bond acceptors (Lipinski definition) is 10. The minimum atomic E-state index is -1.13. The molecule has 3 N–H and O–H groups in total. The normalized spacial score (nSPS) is 18.1. The van der Waals surface area contributed by atoms with Crippen LogP contribution in [0.1, 0.15) is 43.8 Å². The van der Waals surface area contributed by atoms with Crippen LogP contribution in [0.4, 0.5) is 23.3 Å². The molecule has 1 atom stereocenters. The van der Waals surface area contributed by atoms with Gasteiger partial charge in [0.15, 0.2) is 12.0 Å². The summed E-state index contributed by atoms with van der Waals surface area (Å²) < 4.78 is 0. The highest BCUT2D eigenvalue weighted by atomic mass is 16.3. The number of aliphatic hydroxyl groups excluding tert-OH is 1. The van der Waals surface area contributed by atoms with E-state index in [1.54, 1.807) is 55.2 Å². The zero-order valence-corrected chi connectivity index (χ0v) is 23.2. The summed E-state index contributed by atoms with van der Waals surface area (Å²) in [6.07, 6.45) is 2.32. The van der Waals surface area contributed by atoms with Crippen LogP contribution < -0.4 is 10.3 Å². The molecule has 3 aromatic rings. The van der Waals surface area contributed by atoms with Crippen molar-refractivity contribution < 1.29 is 15.0 Å². The molecule has 0 bridgehead atoms. The summed E-state index contributed by atoms with van der Waals surface area (Å²) >= 11 is 0. The third-order valence-corrected chi connectivity index (χ3v) is 7.14. The van der Waals surface area contributed by atoms with Gasteiger partial charge in [-0.3, -0.25) is 9.69 Å². The molecule has 2 aliphatic rings. The van der Waals surface area contributed by atoms with E-state index in [2.05, 4.69) is 38.9 Å². The van der Waals surface area contributed by atoms with Gasteiger partial charge < -0.3 is 20.4 Å². The number of benzene rings is 1. The molecule has 0 saturated carbocycles. The molecule has 0 radical (unpaired) electrons. The lowest BCUT2D eigenvalue weighted by Gasteiger charge is -2.34. The van der Waals surface area contributed by atoms with Crippen molar-refractivity contribution in [1.82, 2.24) is 29.8 Å². The van der Waals surface area contributed by atoms with Gasteiger partial charge >= 0.3 is 0 Å². The summed E-state index contributed by atoms with van der Waals surface area (Å²) in [6.45, 7) is 13.2. The fourth-order valence-electron chi connectivity index (χ4n) is 4.92. The highest BCUT2D eigenvalue weighted by molar-refractivity contribution is 5.73. The third-order valence-electron chi connectivity index (χ3n) is 7.14. The smallest absolute Gasteiger partial charge is 0.229 e. The van der Waals surface area contributed by atoms with E-state index in [1.807, 2.05) is 23.1 Å². The number of piperazine rings is 1. The number of rotatable bonds is 8. The molecule has 4 heterocycles. The van der Waals surface area contributed by atoms with Crippen LogP contribution in [-0.2, 0) is 16.9 Å². The van der Waals surface area contributed by atoms with E-state index >= 15 is 0 Å². The third kappa shape index (κ3) is 5.82. The van der Waals surface area contributed by atoms with Gasteiger partial charge in [0.05, 0.1) is 11.3 Å². The van der Waals surface area contributed by atoms with E-state index in [-0.39, 0.29) is 5.91 Å². The van der Waals surface area contributed by atoms with Crippen LogP contribution in [0, 0.1) is 0 Å². The van der Waals surface area contributed by atoms with Gasteiger partial charge in [-0.05, 0) is 43.7 Å². The molecule has 0 aliphatic carbocycles. The van der Waals surface area contributed by atoms with Gasteiger partial charge in [0.25, 0.3) is 0 Å². The van der Waals surface area contributed by atoms with Crippen LogP contribution in [0.3, 0.4) is 0 Å². The van der Waals surface area contributed by atoms with Crippen LogP contribution in [0.5, 0.6) is 0 Å². The van der Waals surface area contributed by atoms with Crippen LogP contribution >= 0.6 is 0 Å². The second-order valence-corrected chi connectivity index (χ2v) is 10.6. The maximum Gasteiger partial charge on any atom is 0.229 e. The van der Waals surface area contributed by atoms with E-state index in [4.69, 9.17) is 4.98 Å². The molecule has 5 rings (SSSR count). The molecule has 1 aromatic carbocycles. The van der Waals surface area contributed by atoms with Crippen molar-refractivity contribution in [3.8, 4) is 0 Å². The van der Waals surface area contributed by atoms with E-state index in [9.17, 15) is 15.0 Å². The molecular weight excluding hydrogens is 508 g/mol. The van der Waals surface area contributed by atoms with Gasteiger partial charge in [0, 0.05) is 58.1 Å². The summed E-state index contributed by atoms with van der Waals surface area (Å²) in [5, 5.41) is 28.3. The Morgan fingerprint density at radius 1 is 1.12 bits per heavy atom. The largest absolute Gasteiger partial charge is 0.384 e. The zero-order valence-electron chi connectivity index (χ0n) is 23.2. The number of hydrazine groups is 1. The summed E-state index contributed by atoms with van der Waals surface area (Å²) in [4.78, 5) is 29.7. The number of aliphatic hydroxyl groups is 2. The van der Waals surface area contributed by atoms with Crippen LogP contribution in [0.15, 0.2) is 61.3 Å². The predicted molar refractivity (Wildman–Crippen MR) is 153 cm³/mol. The maximum absolute atomic E-state index is 11.6. The van der Waals surface area contributed by atoms with Gasteiger partial charge in [0.2, 0.25) is 11.9 Å². The van der Waals surface area contributed by atoms with Crippen LogP contribution in [-0.4, -0.2) is 78.6 Å². The Hall–Kier alpha value is -3.90. The highest BCUT2D eigenvalue weighted by Gasteiger charge is 2.39. The van der Waals surface area contributed by atoms with E-state index in [0.29, 0.717) is 35.4 Å². The summed E-state index contributed by atoms with van der Waals surface area (Å²) in [6, 6.07) is 13.5. The minimum Gasteiger partial charge on any atom is -0.384 e.